The van der Waals surface area contributed by atoms with Gasteiger partial charge in [-0.05, 0) is 38.0 Å². The predicted molar refractivity (Wildman–Crippen MR) is 101 cm³/mol. The van der Waals surface area contributed by atoms with Gasteiger partial charge in [0.25, 0.3) is 11.8 Å². The molecule has 9 heteroatoms. The molecule has 3 rings (SSSR count). The number of aliphatic carboxylic acids is 1. The average molecular weight is 404 g/mol. The molecule has 0 saturated carbocycles. The first-order valence-corrected chi connectivity index (χ1v) is 9.53. The van der Waals surface area contributed by atoms with Crippen LogP contribution in [0.4, 0.5) is 5.69 Å². The third-order valence-electron chi connectivity index (χ3n) is 5.15. The number of ether oxygens (including phenoxy) is 2. The van der Waals surface area contributed by atoms with E-state index in [0.717, 1.165) is 19.8 Å². The van der Waals surface area contributed by atoms with Crippen molar-refractivity contribution in [3.8, 4) is 0 Å². The predicted octanol–water partition coefficient (Wildman–Crippen LogP) is 1.06. The van der Waals surface area contributed by atoms with Crippen LogP contribution < -0.4 is 4.90 Å². The number of esters is 1. The van der Waals surface area contributed by atoms with Crippen molar-refractivity contribution in [2.75, 3.05) is 24.6 Å². The second kappa shape index (κ2) is 8.60. The van der Waals surface area contributed by atoms with Gasteiger partial charge >= 0.3 is 11.9 Å². The molecule has 1 aromatic rings. The molecule has 156 valence electrons. The Kier molecular flexibility index (Phi) is 6.17. The Bertz CT molecular complexity index is 825. The number of hydrogen-bond donors (Lipinski definition) is 1. The van der Waals surface area contributed by atoms with E-state index < -0.39 is 30.1 Å². The lowest BCUT2D eigenvalue weighted by molar-refractivity contribution is -0.177. The molecule has 1 aromatic carbocycles. The molecule has 0 aromatic heterocycles. The molecule has 0 aliphatic carbocycles. The summed E-state index contributed by atoms with van der Waals surface area (Å²) in [6.45, 7) is 4.04. The minimum Gasteiger partial charge on any atom is -0.478 e. The number of carboxylic acids is 1. The largest absolute Gasteiger partial charge is 0.478 e. The Morgan fingerprint density at radius 1 is 1.28 bits per heavy atom. The number of carbonyl (C=O) groups is 4. The molecule has 0 unspecified atom stereocenters. The molecule has 2 heterocycles. The second-order valence-electron chi connectivity index (χ2n) is 7.19. The number of anilines is 1. The molecule has 2 amide bonds. The second-order valence-corrected chi connectivity index (χ2v) is 7.19. The van der Waals surface area contributed by atoms with E-state index in [9.17, 15) is 24.3 Å². The Labute approximate surface area is 168 Å². The number of morpholine rings is 1. The third-order valence-corrected chi connectivity index (χ3v) is 5.15. The normalized spacial score (nSPS) is 23.0. The number of carboxylic acid groups (broad SMARTS) is 1. The average Bonchev–Trinajstić information content (AvgIpc) is 3.11. The minimum absolute atomic E-state index is 0.0722. The molecule has 2 aliphatic rings. The van der Waals surface area contributed by atoms with Crippen molar-refractivity contribution in [2.24, 2.45) is 0 Å². The van der Waals surface area contributed by atoms with Crippen LogP contribution in [-0.4, -0.2) is 71.7 Å². The molecule has 2 aliphatic heterocycles. The quantitative estimate of drug-likeness (QED) is 0.730. The van der Waals surface area contributed by atoms with Gasteiger partial charge in [-0.25, -0.2) is 4.79 Å². The van der Waals surface area contributed by atoms with E-state index in [1.165, 1.54) is 4.90 Å². The SMILES string of the molecule is CC(=O)O[C@@H](C(=O)O)[C@H]1OCCN(c2cccc(C(=O)N3CCC[C@@H]3C)c2)C1=O. The standard InChI is InChI=1S/C20H24N2O7/c1-12-5-4-8-21(12)18(24)14-6-3-7-15(11-14)22-9-10-28-16(19(22)25)17(20(26)27)29-13(2)23/h3,6-7,11-12,16-17H,4-5,8-10H2,1-2H3,(H,26,27)/t12-,16+,17+/m0/s1. The van der Waals surface area contributed by atoms with Crippen LogP contribution in [0.5, 0.6) is 0 Å². The monoisotopic (exact) mass is 404 g/mol. The summed E-state index contributed by atoms with van der Waals surface area (Å²) >= 11 is 0. The molecule has 3 atom stereocenters. The van der Waals surface area contributed by atoms with Crippen LogP contribution in [0.1, 0.15) is 37.0 Å². The minimum atomic E-state index is -1.74. The molecule has 0 bridgehead atoms. The van der Waals surface area contributed by atoms with Crippen LogP contribution in [0, 0.1) is 0 Å². The van der Waals surface area contributed by atoms with E-state index in [1.54, 1.807) is 24.3 Å². The van der Waals surface area contributed by atoms with Crippen molar-refractivity contribution in [2.45, 2.75) is 44.9 Å². The van der Waals surface area contributed by atoms with Crippen molar-refractivity contribution in [1.82, 2.24) is 4.90 Å². The fourth-order valence-electron chi connectivity index (χ4n) is 3.71. The van der Waals surface area contributed by atoms with Gasteiger partial charge < -0.3 is 24.4 Å². The summed E-state index contributed by atoms with van der Waals surface area (Å²) in [4.78, 5) is 51.6. The van der Waals surface area contributed by atoms with Crippen molar-refractivity contribution >= 4 is 29.4 Å². The number of carbonyl (C=O) groups excluding carboxylic acids is 3. The highest BCUT2D eigenvalue weighted by Gasteiger charge is 2.42. The van der Waals surface area contributed by atoms with Crippen molar-refractivity contribution in [3.05, 3.63) is 29.8 Å². The van der Waals surface area contributed by atoms with Crippen molar-refractivity contribution < 1.29 is 33.8 Å². The first-order valence-electron chi connectivity index (χ1n) is 9.53. The summed E-state index contributed by atoms with van der Waals surface area (Å²) in [6.07, 6.45) is -1.27. The van der Waals surface area contributed by atoms with Crippen LogP contribution in [0.25, 0.3) is 0 Å². The first-order chi connectivity index (χ1) is 13.8. The fraction of sp³-hybridized carbons (Fsp3) is 0.500. The van der Waals surface area contributed by atoms with Crippen LogP contribution in [0.15, 0.2) is 24.3 Å². The molecule has 2 fully saturated rings. The molecule has 29 heavy (non-hydrogen) atoms. The van der Waals surface area contributed by atoms with Crippen LogP contribution >= 0.6 is 0 Å². The van der Waals surface area contributed by atoms with Gasteiger partial charge in [0.05, 0.1) is 6.61 Å². The highest BCUT2D eigenvalue weighted by Crippen LogP contribution is 2.25. The first kappa shape index (κ1) is 20.8. The molecule has 0 spiro atoms. The maximum Gasteiger partial charge on any atom is 0.348 e. The summed E-state index contributed by atoms with van der Waals surface area (Å²) in [7, 11) is 0. The van der Waals surface area contributed by atoms with Gasteiger partial charge in [0.15, 0.2) is 6.10 Å². The molecule has 1 N–H and O–H groups in total. The number of benzene rings is 1. The number of nitrogens with zero attached hydrogens (tertiary/aromatic N) is 2. The number of rotatable bonds is 5. The van der Waals surface area contributed by atoms with Gasteiger partial charge in [0, 0.05) is 37.3 Å². The van der Waals surface area contributed by atoms with E-state index in [1.807, 2.05) is 11.8 Å². The summed E-state index contributed by atoms with van der Waals surface area (Å²) < 4.78 is 10.1. The Morgan fingerprint density at radius 3 is 2.66 bits per heavy atom. The van der Waals surface area contributed by atoms with Gasteiger partial charge in [0.1, 0.15) is 0 Å². The van der Waals surface area contributed by atoms with Crippen LogP contribution in [0.3, 0.4) is 0 Å². The fourth-order valence-corrected chi connectivity index (χ4v) is 3.71. The highest BCUT2D eigenvalue weighted by atomic mass is 16.6. The molecular weight excluding hydrogens is 380 g/mol. The summed E-state index contributed by atoms with van der Waals surface area (Å²) in [5.41, 5.74) is 0.926. The Balaban J connectivity index is 1.83. The topological polar surface area (TPSA) is 113 Å². The third kappa shape index (κ3) is 4.40. The van der Waals surface area contributed by atoms with E-state index in [0.29, 0.717) is 17.8 Å². The zero-order valence-electron chi connectivity index (χ0n) is 16.4. The lowest BCUT2D eigenvalue weighted by Gasteiger charge is -2.34. The number of likely N-dealkylation sites (tertiary alicyclic amines) is 1. The molecule has 2 saturated heterocycles. The van der Waals surface area contributed by atoms with Gasteiger partial charge in [-0.2, -0.15) is 0 Å². The zero-order chi connectivity index (χ0) is 21.1. The van der Waals surface area contributed by atoms with Gasteiger partial charge in [0.2, 0.25) is 6.10 Å². The van der Waals surface area contributed by atoms with E-state index in [4.69, 9.17) is 9.47 Å². The molecule has 9 nitrogen and oxygen atoms in total. The maximum absolute atomic E-state index is 12.9. The smallest absolute Gasteiger partial charge is 0.348 e. The van der Waals surface area contributed by atoms with Crippen molar-refractivity contribution in [3.63, 3.8) is 0 Å². The van der Waals surface area contributed by atoms with E-state index >= 15 is 0 Å². The highest BCUT2D eigenvalue weighted by molar-refractivity contribution is 6.02. The zero-order valence-corrected chi connectivity index (χ0v) is 16.4. The van der Waals surface area contributed by atoms with E-state index in [-0.39, 0.29) is 25.1 Å². The summed E-state index contributed by atoms with van der Waals surface area (Å²) in [5, 5.41) is 9.33. The van der Waals surface area contributed by atoms with E-state index in [2.05, 4.69) is 0 Å². The Morgan fingerprint density at radius 2 is 2.03 bits per heavy atom. The lowest BCUT2D eigenvalue weighted by Crippen LogP contribution is -2.55. The maximum atomic E-state index is 12.9. The summed E-state index contributed by atoms with van der Waals surface area (Å²) in [5.74, 6) is -3.02. The van der Waals surface area contributed by atoms with Gasteiger partial charge in [-0.1, -0.05) is 6.07 Å². The van der Waals surface area contributed by atoms with Crippen molar-refractivity contribution in [1.29, 1.82) is 0 Å². The summed E-state index contributed by atoms with van der Waals surface area (Å²) in [6, 6.07) is 6.84. The van der Waals surface area contributed by atoms with Crippen LogP contribution in [-0.2, 0) is 23.9 Å². The molecular formula is C20H24N2O7. The number of hydrogen-bond acceptors (Lipinski definition) is 6. The lowest BCUT2D eigenvalue weighted by atomic mass is 10.1. The number of amides is 2. The Hall–Kier alpha value is -2.94. The van der Waals surface area contributed by atoms with Gasteiger partial charge in [-0.3, -0.25) is 14.4 Å². The van der Waals surface area contributed by atoms with Gasteiger partial charge in [-0.15, -0.1) is 0 Å². The van der Waals surface area contributed by atoms with Crippen LogP contribution in [0.2, 0.25) is 0 Å². The molecule has 0 radical (unpaired) electrons.